The number of alkyl carbamates (subject to hydrolysis) is 1. The van der Waals surface area contributed by atoms with Crippen molar-refractivity contribution in [3.63, 3.8) is 0 Å². The second kappa shape index (κ2) is 8.95. The number of hydrogen-bond acceptors (Lipinski definition) is 4. The number of rotatable bonds is 6. The summed E-state index contributed by atoms with van der Waals surface area (Å²) in [5.74, 6) is -0.503. The molecule has 1 amide bonds. The van der Waals surface area contributed by atoms with Crippen LogP contribution in [-0.4, -0.2) is 51.8 Å². The van der Waals surface area contributed by atoms with E-state index in [2.05, 4.69) is 32.8 Å². The molecule has 28 heavy (non-hydrogen) atoms. The molecule has 0 saturated heterocycles. The number of amides is 1. The van der Waals surface area contributed by atoms with E-state index in [1.54, 1.807) is 0 Å². The fourth-order valence-electron chi connectivity index (χ4n) is 3.12. The Morgan fingerprint density at radius 1 is 1.04 bits per heavy atom. The Balaban J connectivity index is 2.05. The standard InChI is InChI=1S/C21H22N2O4Se/c1-23-18-12-8-7-11-15(18)16(19(23)28-14-9-5-4-6-10-14)13-17(20(24)26-2)22-21(25)27-3/h4-12,17H,13H2,1-3H3,(H,22,25)/t17-/m0/s1. The van der Waals surface area contributed by atoms with Gasteiger partial charge in [0, 0.05) is 0 Å². The van der Waals surface area contributed by atoms with Gasteiger partial charge in [-0.15, -0.1) is 0 Å². The number of carbonyl (C=O) groups is 2. The quantitative estimate of drug-likeness (QED) is 0.459. The van der Waals surface area contributed by atoms with Gasteiger partial charge in [-0.25, -0.2) is 0 Å². The Labute approximate surface area is 170 Å². The van der Waals surface area contributed by atoms with Gasteiger partial charge in [0.25, 0.3) is 0 Å². The van der Waals surface area contributed by atoms with Crippen LogP contribution >= 0.6 is 0 Å². The molecule has 1 atom stereocenters. The third kappa shape index (κ3) is 4.21. The Bertz CT molecular complexity index is 985. The zero-order valence-corrected chi connectivity index (χ0v) is 17.7. The minimum absolute atomic E-state index is 0.0380. The first kappa shape index (κ1) is 20.0. The van der Waals surface area contributed by atoms with Gasteiger partial charge in [0.1, 0.15) is 0 Å². The number of aryl methyl sites for hydroxylation is 1. The van der Waals surface area contributed by atoms with Gasteiger partial charge in [-0.3, -0.25) is 0 Å². The monoisotopic (exact) mass is 446 g/mol. The number of ether oxygens (including phenoxy) is 2. The van der Waals surface area contributed by atoms with Crippen molar-refractivity contribution in [3.05, 3.63) is 60.2 Å². The van der Waals surface area contributed by atoms with E-state index in [9.17, 15) is 9.59 Å². The number of esters is 1. The van der Waals surface area contributed by atoms with Crippen LogP contribution in [0.25, 0.3) is 10.9 Å². The van der Waals surface area contributed by atoms with E-state index in [4.69, 9.17) is 4.74 Å². The zero-order valence-electron chi connectivity index (χ0n) is 16.0. The fourth-order valence-corrected chi connectivity index (χ4v) is 5.36. The van der Waals surface area contributed by atoms with Crippen LogP contribution in [0, 0.1) is 0 Å². The molecule has 1 aromatic heterocycles. The van der Waals surface area contributed by atoms with Crippen molar-refractivity contribution in [1.82, 2.24) is 9.88 Å². The van der Waals surface area contributed by atoms with Crippen LogP contribution in [-0.2, 0) is 27.7 Å². The van der Waals surface area contributed by atoms with E-state index in [0.717, 1.165) is 21.1 Å². The molecule has 1 N–H and O–H groups in total. The summed E-state index contributed by atoms with van der Waals surface area (Å²) in [5.41, 5.74) is 2.13. The summed E-state index contributed by atoms with van der Waals surface area (Å²) < 4.78 is 14.1. The minimum atomic E-state index is -0.825. The average molecular weight is 445 g/mol. The summed E-state index contributed by atoms with van der Waals surface area (Å²) in [7, 11) is 4.62. The van der Waals surface area contributed by atoms with Crippen molar-refractivity contribution in [1.29, 1.82) is 0 Å². The topological polar surface area (TPSA) is 69.6 Å². The van der Waals surface area contributed by atoms with Gasteiger partial charge in [0.2, 0.25) is 0 Å². The summed E-state index contributed by atoms with van der Waals surface area (Å²) in [6.07, 6.45) is -0.335. The number of carbonyl (C=O) groups excluding carboxylic acids is 2. The van der Waals surface area contributed by atoms with Crippen molar-refractivity contribution in [2.24, 2.45) is 7.05 Å². The molecule has 2 aromatic carbocycles. The Morgan fingerprint density at radius 3 is 2.39 bits per heavy atom. The molecule has 7 heteroatoms. The number of benzene rings is 2. The van der Waals surface area contributed by atoms with E-state index in [-0.39, 0.29) is 15.0 Å². The SMILES string of the molecule is COC(=O)N[C@@H](Cc1c([Se]c2ccccc2)n(C)c2ccccc12)C(=O)OC. The molecular weight excluding hydrogens is 423 g/mol. The number of hydrogen-bond donors (Lipinski definition) is 1. The number of nitrogens with one attached hydrogen (secondary N) is 1. The van der Waals surface area contributed by atoms with Gasteiger partial charge in [-0.2, -0.15) is 0 Å². The molecule has 0 spiro atoms. The predicted molar refractivity (Wildman–Crippen MR) is 109 cm³/mol. The van der Waals surface area contributed by atoms with Crippen LogP contribution in [0.3, 0.4) is 0 Å². The molecule has 0 aliphatic heterocycles. The van der Waals surface area contributed by atoms with Crippen LogP contribution in [0.1, 0.15) is 5.56 Å². The Hall–Kier alpha value is -2.76. The number of para-hydroxylation sites is 1. The molecule has 0 aliphatic rings. The molecule has 0 saturated carbocycles. The molecule has 3 rings (SSSR count). The molecule has 0 fully saturated rings. The summed E-state index contributed by atoms with van der Waals surface area (Å²) in [5, 5.41) is 3.66. The molecule has 1 heterocycles. The van der Waals surface area contributed by atoms with Crippen molar-refractivity contribution in [3.8, 4) is 0 Å². The summed E-state index contributed by atoms with van der Waals surface area (Å²) in [4.78, 5) is 24.0. The number of nitrogens with zero attached hydrogens (tertiary/aromatic N) is 1. The van der Waals surface area contributed by atoms with Gasteiger partial charge >= 0.3 is 170 Å². The van der Waals surface area contributed by atoms with Crippen molar-refractivity contribution in [2.45, 2.75) is 12.5 Å². The first-order chi connectivity index (χ1) is 13.5. The van der Waals surface area contributed by atoms with E-state index >= 15 is 0 Å². The van der Waals surface area contributed by atoms with Gasteiger partial charge < -0.3 is 0 Å². The number of methoxy groups -OCH3 is 2. The predicted octanol–water partition coefficient (Wildman–Crippen LogP) is 1.27. The molecular formula is C21H22N2O4Se. The molecule has 3 aromatic rings. The van der Waals surface area contributed by atoms with E-state index in [1.807, 2.05) is 43.4 Å². The van der Waals surface area contributed by atoms with Gasteiger partial charge in [-0.1, -0.05) is 0 Å². The van der Waals surface area contributed by atoms with Crippen LogP contribution < -0.4 is 14.4 Å². The normalized spacial score (nSPS) is 11.8. The first-order valence-electron chi connectivity index (χ1n) is 8.76. The van der Waals surface area contributed by atoms with E-state index in [1.165, 1.54) is 18.7 Å². The summed E-state index contributed by atoms with van der Waals surface area (Å²) >= 11 is 0.0380. The maximum absolute atomic E-state index is 12.3. The van der Waals surface area contributed by atoms with Crippen LogP contribution in [0.5, 0.6) is 0 Å². The molecule has 0 aliphatic carbocycles. The van der Waals surface area contributed by atoms with Crippen molar-refractivity contribution in [2.75, 3.05) is 14.2 Å². The van der Waals surface area contributed by atoms with Crippen LogP contribution in [0.2, 0.25) is 0 Å². The molecule has 0 bridgehead atoms. The summed E-state index contributed by atoms with van der Waals surface area (Å²) in [6.45, 7) is 0. The maximum atomic E-state index is 12.3. The van der Waals surface area contributed by atoms with Gasteiger partial charge in [0.15, 0.2) is 0 Å². The summed E-state index contributed by atoms with van der Waals surface area (Å²) in [6, 6.07) is 17.5. The zero-order chi connectivity index (χ0) is 20.1. The number of aromatic nitrogens is 1. The first-order valence-corrected chi connectivity index (χ1v) is 10.5. The van der Waals surface area contributed by atoms with Gasteiger partial charge in [-0.05, 0) is 0 Å². The molecule has 0 radical (unpaired) electrons. The van der Waals surface area contributed by atoms with Crippen molar-refractivity contribution >= 4 is 47.0 Å². The average Bonchev–Trinajstić information content (AvgIpc) is 2.99. The third-order valence-electron chi connectivity index (χ3n) is 4.48. The molecule has 6 nitrogen and oxygen atoms in total. The van der Waals surface area contributed by atoms with E-state index in [0.29, 0.717) is 6.42 Å². The third-order valence-corrected chi connectivity index (χ3v) is 7.05. The van der Waals surface area contributed by atoms with E-state index < -0.39 is 18.1 Å². The van der Waals surface area contributed by atoms with Crippen molar-refractivity contribution < 1.29 is 19.1 Å². The fraction of sp³-hybridized carbons (Fsp3) is 0.238. The molecule has 0 unspecified atom stereocenters. The second-order valence-corrected chi connectivity index (χ2v) is 8.42. The van der Waals surface area contributed by atoms with Crippen LogP contribution in [0.4, 0.5) is 4.79 Å². The Morgan fingerprint density at radius 2 is 1.71 bits per heavy atom. The Kier molecular flexibility index (Phi) is 6.39. The molecule has 146 valence electrons. The number of fused-ring (bicyclic) bond motifs is 1. The second-order valence-electron chi connectivity index (χ2n) is 6.19. The van der Waals surface area contributed by atoms with Crippen LogP contribution in [0.15, 0.2) is 54.6 Å². The van der Waals surface area contributed by atoms with Gasteiger partial charge in [0.05, 0.1) is 0 Å².